The van der Waals surface area contributed by atoms with Crippen molar-refractivity contribution in [1.82, 2.24) is 9.80 Å². The molecule has 1 aliphatic rings. The van der Waals surface area contributed by atoms with E-state index in [9.17, 15) is 9.59 Å². The zero-order chi connectivity index (χ0) is 24.8. The lowest BCUT2D eigenvalue weighted by Gasteiger charge is -2.44. The largest absolute Gasteiger partial charge is 0.493 e. The zero-order valence-corrected chi connectivity index (χ0v) is 21.3. The van der Waals surface area contributed by atoms with Gasteiger partial charge in [-0.25, -0.2) is 0 Å². The first kappa shape index (κ1) is 26.0. The van der Waals surface area contributed by atoms with Gasteiger partial charge in [0.1, 0.15) is 11.4 Å². The van der Waals surface area contributed by atoms with Crippen molar-refractivity contribution in [3.63, 3.8) is 0 Å². The molecule has 34 heavy (non-hydrogen) atoms. The molecule has 0 aromatic heterocycles. The summed E-state index contributed by atoms with van der Waals surface area (Å²) in [6.07, 6.45) is 1.86. The Morgan fingerprint density at radius 2 is 1.88 bits per heavy atom. The van der Waals surface area contributed by atoms with Crippen molar-refractivity contribution in [2.45, 2.75) is 45.3 Å². The maximum Gasteiger partial charge on any atom is 0.254 e. The van der Waals surface area contributed by atoms with Crippen LogP contribution in [0, 0.1) is 5.41 Å². The van der Waals surface area contributed by atoms with Crippen LogP contribution in [0.2, 0.25) is 5.02 Å². The lowest BCUT2D eigenvalue weighted by molar-refractivity contribution is -0.156. The Morgan fingerprint density at radius 1 is 1.15 bits per heavy atom. The van der Waals surface area contributed by atoms with Crippen molar-refractivity contribution in [2.75, 3.05) is 33.9 Å². The highest BCUT2D eigenvalue weighted by molar-refractivity contribution is 6.30. The van der Waals surface area contributed by atoms with Crippen LogP contribution in [-0.2, 0) is 20.9 Å². The smallest absolute Gasteiger partial charge is 0.254 e. The summed E-state index contributed by atoms with van der Waals surface area (Å²) in [6, 6.07) is 17.2. The number of rotatable bonds is 9. The minimum absolute atomic E-state index is 0.0267. The second kappa shape index (κ2) is 11.2. The fraction of sp³-hybridized carbons (Fsp3) is 0.481. The topological polar surface area (TPSA) is 59.1 Å². The van der Waals surface area contributed by atoms with Crippen molar-refractivity contribution < 1.29 is 19.1 Å². The van der Waals surface area contributed by atoms with Gasteiger partial charge in [0.2, 0.25) is 5.91 Å². The Hall–Kier alpha value is -2.57. The van der Waals surface area contributed by atoms with E-state index in [-0.39, 0.29) is 18.2 Å². The van der Waals surface area contributed by atoms with Crippen LogP contribution < -0.4 is 4.74 Å². The summed E-state index contributed by atoms with van der Waals surface area (Å²) in [5.74, 6) is 0.600. The molecule has 2 aromatic carbocycles. The van der Waals surface area contributed by atoms with Crippen LogP contribution in [0.5, 0.6) is 5.75 Å². The molecule has 6 nitrogen and oxygen atoms in total. The molecule has 0 saturated carbocycles. The minimum Gasteiger partial charge on any atom is -0.493 e. The number of nitrogens with zero attached hydrogens (tertiary/aromatic N) is 2. The van der Waals surface area contributed by atoms with Gasteiger partial charge in [-0.2, -0.15) is 0 Å². The minimum atomic E-state index is -0.926. The number of hydrogen-bond donors (Lipinski definition) is 0. The molecule has 0 radical (unpaired) electrons. The second-order valence-corrected chi connectivity index (χ2v) is 10.1. The first-order chi connectivity index (χ1) is 16.1. The highest BCUT2D eigenvalue weighted by atomic mass is 35.5. The van der Waals surface area contributed by atoms with E-state index in [0.717, 1.165) is 18.4 Å². The number of benzene rings is 2. The maximum atomic E-state index is 13.3. The Morgan fingerprint density at radius 3 is 2.56 bits per heavy atom. The molecule has 7 heteroatoms. The van der Waals surface area contributed by atoms with Crippen molar-refractivity contribution in [1.29, 1.82) is 0 Å². The predicted octanol–water partition coefficient (Wildman–Crippen LogP) is 4.80. The molecule has 1 aliphatic heterocycles. The number of methoxy groups -OCH3 is 1. The predicted molar refractivity (Wildman–Crippen MR) is 134 cm³/mol. The third-order valence-electron chi connectivity index (χ3n) is 6.53. The van der Waals surface area contributed by atoms with Crippen LogP contribution in [-0.4, -0.2) is 61.1 Å². The van der Waals surface area contributed by atoms with Gasteiger partial charge < -0.3 is 19.3 Å². The summed E-state index contributed by atoms with van der Waals surface area (Å²) < 4.78 is 11.6. The lowest BCUT2D eigenvalue weighted by atomic mass is 9.77. The van der Waals surface area contributed by atoms with Gasteiger partial charge in [-0.1, -0.05) is 48.0 Å². The number of halogens is 1. The van der Waals surface area contributed by atoms with Gasteiger partial charge in [-0.05, 0) is 50.5 Å². The molecule has 2 amide bonds. The van der Waals surface area contributed by atoms with E-state index >= 15 is 0 Å². The summed E-state index contributed by atoms with van der Waals surface area (Å²) in [7, 11) is 3.36. The molecule has 0 spiro atoms. The summed E-state index contributed by atoms with van der Waals surface area (Å²) in [4.78, 5) is 30.1. The van der Waals surface area contributed by atoms with Crippen LogP contribution in [0.25, 0.3) is 0 Å². The highest BCUT2D eigenvalue weighted by Gasteiger charge is 2.43. The maximum absolute atomic E-state index is 13.3. The van der Waals surface area contributed by atoms with Crippen LogP contribution in [0.1, 0.15) is 38.7 Å². The van der Waals surface area contributed by atoms with E-state index < -0.39 is 11.0 Å². The molecule has 2 aromatic rings. The number of piperidine rings is 1. The normalized spacial score (nSPS) is 18.4. The molecule has 0 aliphatic carbocycles. The average Bonchev–Trinajstić information content (AvgIpc) is 2.83. The Kier molecular flexibility index (Phi) is 8.61. The molecular weight excluding hydrogens is 452 g/mol. The molecule has 184 valence electrons. The van der Waals surface area contributed by atoms with Gasteiger partial charge >= 0.3 is 0 Å². The van der Waals surface area contributed by atoms with E-state index in [1.54, 1.807) is 38.0 Å². The van der Waals surface area contributed by atoms with E-state index in [1.807, 2.05) is 54.4 Å². The number of likely N-dealkylation sites (tertiary alicyclic amines) is 1. The molecule has 1 heterocycles. The summed E-state index contributed by atoms with van der Waals surface area (Å²) >= 11 is 6.13. The van der Waals surface area contributed by atoms with Crippen LogP contribution >= 0.6 is 11.6 Å². The molecule has 0 N–H and O–H groups in total. The van der Waals surface area contributed by atoms with Crippen molar-refractivity contribution in [3.8, 4) is 5.75 Å². The van der Waals surface area contributed by atoms with E-state index in [1.165, 1.54) is 0 Å². The number of ether oxygens (including phenoxy) is 2. The number of carbonyl (C=O) groups is 2. The fourth-order valence-electron chi connectivity index (χ4n) is 4.36. The molecule has 1 atom stereocenters. The molecule has 1 saturated heterocycles. The van der Waals surface area contributed by atoms with Crippen LogP contribution in [0.3, 0.4) is 0 Å². The Balaban J connectivity index is 1.79. The number of hydrogen-bond acceptors (Lipinski definition) is 4. The average molecular weight is 487 g/mol. The quantitative estimate of drug-likeness (QED) is 0.510. The third-order valence-corrected chi connectivity index (χ3v) is 6.76. The SMILES string of the molecule is COC(C)(C)C(=O)N1CCC[C@](COc2cccc(Cl)c2)(CC(=O)N(C)Cc2ccccc2)C1. The third kappa shape index (κ3) is 6.73. The monoisotopic (exact) mass is 486 g/mol. The molecule has 3 rings (SSSR count). The number of carbonyl (C=O) groups excluding carboxylic acids is 2. The van der Waals surface area contributed by atoms with Crippen molar-refractivity contribution in [2.24, 2.45) is 5.41 Å². The standard InChI is InChI=1S/C27H35ClN2O4/c1-26(2,33-4)25(32)30-15-9-14-27(19-30,20-34-23-13-8-12-22(28)16-23)17-24(31)29(3)18-21-10-6-5-7-11-21/h5-8,10-13,16H,9,14-15,17-20H2,1-4H3/t27-/m0/s1. The second-order valence-electron chi connectivity index (χ2n) is 9.70. The van der Waals surface area contributed by atoms with Gasteiger partial charge in [0.15, 0.2) is 0 Å². The number of amides is 2. The summed E-state index contributed by atoms with van der Waals surface area (Å²) in [5.41, 5.74) is -0.363. The molecular formula is C27H35ClN2O4. The Labute approximate surface area is 207 Å². The molecule has 1 fully saturated rings. The lowest BCUT2D eigenvalue weighted by Crippen LogP contribution is -2.55. The molecule has 0 unspecified atom stereocenters. The van der Waals surface area contributed by atoms with Crippen molar-refractivity contribution >= 4 is 23.4 Å². The van der Waals surface area contributed by atoms with Crippen LogP contribution in [0.4, 0.5) is 0 Å². The fourth-order valence-corrected chi connectivity index (χ4v) is 4.54. The first-order valence-corrected chi connectivity index (χ1v) is 12.0. The van der Waals surface area contributed by atoms with Gasteiger partial charge in [-0.3, -0.25) is 9.59 Å². The van der Waals surface area contributed by atoms with Gasteiger partial charge in [-0.15, -0.1) is 0 Å². The first-order valence-electron chi connectivity index (χ1n) is 11.6. The van der Waals surface area contributed by atoms with Crippen molar-refractivity contribution in [3.05, 3.63) is 65.2 Å². The zero-order valence-electron chi connectivity index (χ0n) is 20.6. The highest BCUT2D eigenvalue weighted by Crippen LogP contribution is 2.36. The molecule has 0 bridgehead atoms. The van der Waals surface area contributed by atoms with E-state index in [4.69, 9.17) is 21.1 Å². The van der Waals surface area contributed by atoms with E-state index in [2.05, 4.69) is 0 Å². The summed E-state index contributed by atoms with van der Waals surface area (Å²) in [6.45, 7) is 5.46. The van der Waals surface area contributed by atoms with Gasteiger partial charge in [0, 0.05) is 50.7 Å². The van der Waals surface area contributed by atoms with E-state index in [0.29, 0.717) is 37.0 Å². The van der Waals surface area contributed by atoms with Gasteiger partial charge in [0.05, 0.1) is 6.61 Å². The Bertz CT molecular complexity index is 982. The van der Waals surface area contributed by atoms with Crippen LogP contribution in [0.15, 0.2) is 54.6 Å². The van der Waals surface area contributed by atoms with Gasteiger partial charge in [0.25, 0.3) is 5.91 Å². The summed E-state index contributed by atoms with van der Waals surface area (Å²) in [5, 5.41) is 0.590.